The molecular weight excluding hydrogens is 534 g/mol. The van der Waals surface area contributed by atoms with Gasteiger partial charge >= 0.3 is 12.2 Å². The number of piperidine rings is 2. The maximum atomic E-state index is 12.1. The minimum Gasteiger partial charge on any atom is -0.445 e. The fourth-order valence-electron chi connectivity index (χ4n) is 4.80. The summed E-state index contributed by atoms with van der Waals surface area (Å²) in [5.41, 5.74) is 1.99. The van der Waals surface area contributed by atoms with E-state index in [2.05, 4.69) is 15.3 Å². The van der Waals surface area contributed by atoms with Crippen molar-refractivity contribution in [3.8, 4) is 0 Å². The highest BCUT2D eigenvalue weighted by molar-refractivity contribution is 5.68. The monoisotopic (exact) mass is 573 g/mol. The number of nitrogens with one attached hydrogen (secondary N) is 1. The molecule has 0 atom stereocenters. The second-order valence-corrected chi connectivity index (χ2v) is 10.4. The van der Waals surface area contributed by atoms with Crippen LogP contribution in [0.25, 0.3) is 0 Å². The third-order valence-corrected chi connectivity index (χ3v) is 7.41. The van der Waals surface area contributed by atoms with Gasteiger partial charge in [0.05, 0.1) is 6.20 Å². The first kappa shape index (κ1) is 30.5. The van der Waals surface area contributed by atoms with Gasteiger partial charge in [-0.2, -0.15) is 0 Å². The summed E-state index contributed by atoms with van der Waals surface area (Å²) in [6, 6.07) is 19.4. The van der Waals surface area contributed by atoms with Crippen LogP contribution >= 0.6 is 0 Å². The smallest absolute Gasteiger partial charge is 0.410 e. The highest BCUT2D eigenvalue weighted by Gasteiger charge is 2.24. The number of carbonyl (C=O) groups is 3. The molecule has 2 aliphatic rings. The Hall–Kier alpha value is -4.47. The van der Waals surface area contributed by atoms with Crippen molar-refractivity contribution in [3.63, 3.8) is 0 Å². The molecule has 3 heterocycles. The molecule has 2 amide bonds. The molecule has 0 unspecified atom stereocenters. The number of benzene rings is 2. The first-order chi connectivity index (χ1) is 20.6. The molecule has 222 valence electrons. The van der Waals surface area contributed by atoms with E-state index >= 15 is 0 Å². The summed E-state index contributed by atoms with van der Waals surface area (Å²) in [5.74, 6) is 1.43. The number of anilines is 1. The molecule has 2 aliphatic heterocycles. The number of aromatic nitrogens is 2. The number of hydrogen-bond acceptors (Lipinski definition) is 8. The van der Waals surface area contributed by atoms with E-state index in [0.29, 0.717) is 32.2 Å². The van der Waals surface area contributed by atoms with Gasteiger partial charge in [0.15, 0.2) is 0 Å². The van der Waals surface area contributed by atoms with Crippen LogP contribution in [-0.2, 0) is 27.5 Å². The molecule has 0 spiro atoms. The van der Waals surface area contributed by atoms with Crippen molar-refractivity contribution in [3.05, 3.63) is 90.4 Å². The minimum atomic E-state index is -0.289. The first-order valence-corrected chi connectivity index (χ1v) is 14.5. The quantitative estimate of drug-likeness (QED) is 0.367. The third kappa shape index (κ3) is 10.2. The third-order valence-electron chi connectivity index (χ3n) is 7.41. The minimum absolute atomic E-state index is 0.100. The van der Waals surface area contributed by atoms with Gasteiger partial charge in [-0.1, -0.05) is 60.7 Å². The molecule has 3 aromatic rings. The van der Waals surface area contributed by atoms with Crippen LogP contribution in [0.3, 0.4) is 0 Å². The lowest BCUT2D eigenvalue weighted by atomic mass is 9.97. The summed E-state index contributed by atoms with van der Waals surface area (Å²) in [6.07, 6.45) is 8.93. The number of aldehydes is 1. The maximum Gasteiger partial charge on any atom is 0.410 e. The maximum absolute atomic E-state index is 12.1. The second-order valence-electron chi connectivity index (χ2n) is 10.4. The van der Waals surface area contributed by atoms with E-state index in [9.17, 15) is 14.4 Å². The number of ether oxygens (including phenoxy) is 2. The lowest BCUT2D eigenvalue weighted by Gasteiger charge is -2.31. The summed E-state index contributed by atoms with van der Waals surface area (Å²) in [4.78, 5) is 46.2. The highest BCUT2D eigenvalue weighted by atomic mass is 16.6. The SMILES string of the molecule is O=C(OCc1ccccc1)N1CCC(CNc2cnccn2)CC1.O=CC1CCN(C(=O)OCc2ccccc2)CC1. The van der Waals surface area contributed by atoms with Crippen LogP contribution in [0.1, 0.15) is 36.8 Å². The number of likely N-dealkylation sites (tertiary alicyclic amines) is 2. The van der Waals surface area contributed by atoms with Crippen molar-refractivity contribution in [2.75, 3.05) is 38.0 Å². The molecule has 2 fully saturated rings. The normalized spacial score (nSPS) is 15.6. The van der Waals surface area contributed by atoms with Gasteiger partial charge in [0, 0.05) is 51.0 Å². The van der Waals surface area contributed by atoms with E-state index in [0.717, 1.165) is 68.5 Å². The van der Waals surface area contributed by atoms with E-state index in [4.69, 9.17) is 9.47 Å². The summed E-state index contributed by atoms with van der Waals surface area (Å²) >= 11 is 0. The average molecular weight is 574 g/mol. The van der Waals surface area contributed by atoms with Gasteiger partial charge in [-0.15, -0.1) is 0 Å². The summed E-state index contributed by atoms with van der Waals surface area (Å²) < 4.78 is 10.6. The number of amides is 2. The molecule has 0 aliphatic carbocycles. The van der Waals surface area contributed by atoms with Crippen LogP contribution in [0.5, 0.6) is 0 Å². The lowest BCUT2D eigenvalue weighted by molar-refractivity contribution is -0.112. The van der Waals surface area contributed by atoms with Crippen LogP contribution in [0.4, 0.5) is 15.4 Å². The number of hydrogen-bond donors (Lipinski definition) is 1. The van der Waals surface area contributed by atoms with E-state index in [1.165, 1.54) is 0 Å². The summed E-state index contributed by atoms with van der Waals surface area (Å²) in [7, 11) is 0. The molecule has 1 N–H and O–H groups in total. The fraction of sp³-hybridized carbons (Fsp3) is 0.406. The molecule has 0 bridgehead atoms. The molecular formula is C32H39N5O5. The van der Waals surface area contributed by atoms with E-state index < -0.39 is 0 Å². The topological polar surface area (TPSA) is 114 Å². The summed E-state index contributed by atoms with van der Waals surface area (Å²) in [6.45, 7) is 4.17. The van der Waals surface area contributed by atoms with Crippen molar-refractivity contribution in [1.29, 1.82) is 0 Å². The van der Waals surface area contributed by atoms with Crippen molar-refractivity contribution < 1.29 is 23.9 Å². The van der Waals surface area contributed by atoms with E-state index in [1.807, 2.05) is 60.7 Å². The molecule has 0 saturated carbocycles. The number of carbonyl (C=O) groups excluding carboxylic acids is 3. The molecule has 5 rings (SSSR count). The molecule has 2 aromatic carbocycles. The van der Waals surface area contributed by atoms with Crippen LogP contribution in [0.15, 0.2) is 79.3 Å². The molecule has 2 saturated heterocycles. The molecule has 1 aromatic heterocycles. The predicted octanol–water partition coefficient (Wildman–Crippen LogP) is 5.17. The standard InChI is InChI=1S/C18H22N4O2.C14H17NO3/c23-18(24-14-16-4-2-1-3-5-16)22-10-6-15(7-11-22)12-21-17-13-19-8-9-20-17;16-10-12-6-8-15(9-7-12)14(17)18-11-13-4-2-1-3-5-13/h1-5,8-9,13,15H,6-7,10-12,14H2,(H,20,21);1-5,10,12H,6-9,11H2. The Morgan fingerprint density at radius 2 is 1.31 bits per heavy atom. The van der Waals surface area contributed by atoms with Gasteiger partial charge < -0.3 is 29.4 Å². The second kappa shape index (κ2) is 16.7. The van der Waals surface area contributed by atoms with Crippen molar-refractivity contribution in [1.82, 2.24) is 19.8 Å². The van der Waals surface area contributed by atoms with E-state index in [1.54, 1.807) is 28.4 Å². The zero-order chi connectivity index (χ0) is 29.4. The first-order valence-electron chi connectivity index (χ1n) is 14.5. The van der Waals surface area contributed by atoms with Crippen LogP contribution in [-0.4, -0.2) is 71.0 Å². The Labute approximate surface area is 247 Å². The van der Waals surface area contributed by atoms with E-state index in [-0.39, 0.29) is 18.1 Å². The molecule has 42 heavy (non-hydrogen) atoms. The Morgan fingerprint density at radius 3 is 1.79 bits per heavy atom. The molecule has 10 nitrogen and oxygen atoms in total. The van der Waals surface area contributed by atoms with Gasteiger partial charge in [-0.3, -0.25) is 4.98 Å². The highest BCUT2D eigenvalue weighted by Crippen LogP contribution is 2.19. The molecule has 0 radical (unpaired) electrons. The largest absolute Gasteiger partial charge is 0.445 e. The average Bonchev–Trinajstić information content (AvgIpc) is 3.07. The zero-order valence-corrected chi connectivity index (χ0v) is 23.8. The lowest BCUT2D eigenvalue weighted by Crippen LogP contribution is -2.40. The van der Waals surface area contributed by atoms with Crippen molar-refractivity contribution >= 4 is 24.3 Å². The van der Waals surface area contributed by atoms with Gasteiger partial charge in [0.25, 0.3) is 0 Å². The summed E-state index contributed by atoms with van der Waals surface area (Å²) in [5, 5.41) is 3.30. The van der Waals surface area contributed by atoms with Gasteiger partial charge in [-0.05, 0) is 42.7 Å². The van der Waals surface area contributed by atoms with Crippen LogP contribution in [0.2, 0.25) is 0 Å². The van der Waals surface area contributed by atoms with Gasteiger partial charge in [0.2, 0.25) is 0 Å². The fourth-order valence-corrected chi connectivity index (χ4v) is 4.80. The Kier molecular flexibility index (Phi) is 12.1. The van der Waals surface area contributed by atoms with Crippen molar-refractivity contribution in [2.24, 2.45) is 11.8 Å². The predicted molar refractivity (Wildman–Crippen MR) is 158 cm³/mol. The Bertz CT molecular complexity index is 1220. The van der Waals surface area contributed by atoms with Crippen LogP contribution in [0, 0.1) is 11.8 Å². The Balaban J connectivity index is 0.000000201. The van der Waals surface area contributed by atoms with Crippen molar-refractivity contribution in [2.45, 2.75) is 38.9 Å². The van der Waals surface area contributed by atoms with Gasteiger partial charge in [-0.25, -0.2) is 14.6 Å². The zero-order valence-electron chi connectivity index (χ0n) is 23.8. The Morgan fingerprint density at radius 1 is 0.786 bits per heavy atom. The molecule has 10 heteroatoms. The van der Waals surface area contributed by atoms with Gasteiger partial charge in [0.1, 0.15) is 25.3 Å². The number of nitrogens with zero attached hydrogens (tertiary/aromatic N) is 4. The van der Waals surface area contributed by atoms with Crippen LogP contribution < -0.4 is 5.32 Å². The number of rotatable bonds is 8.